The van der Waals surface area contributed by atoms with Crippen LogP contribution >= 0.6 is 0 Å². The zero-order valence-electron chi connectivity index (χ0n) is 17.0. The number of hydrogen-bond acceptors (Lipinski definition) is 6. The molecule has 10 nitrogen and oxygen atoms in total. The molecule has 160 valence electrons. The van der Waals surface area contributed by atoms with E-state index in [2.05, 4.69) is 15.5 Å². The first kappa shape index (κ1) is 20.3. The Morgan fingerprint density at radius 2 is 2.03 bits per heavy atom. The van der Waals surface area contributed by atoms with E-state index in [4.69, 9.17) is 5.73 Å². The molecule has 2 bridgehead atoms. The molecule has 2 amide bonds. The zero-order chi connectivity index (χ0) is 21.3. The number of aryl methyl sites for hydroxylation is 1. The Hall–Kier alpha value is -3.01. The maximum absolute atomic E-state index is 12.7. The first-order chi connectivity index (χ1) is 14.4. The molecule has 30 heavy (non-hydrogen) atoms. The van der Waals surface area contributed by atoms with Crippen LogP contribution in [0, 0.1) is 5.92 Å². The summed E-state index contributed by atoms with van der Waals surface area (Å²) in [6.07, 6.45) is 4.31. The van der Waals surface area contributed by atoms with Crippen LogP contribution in [0.15, 0.2) is 35.6 Å². The molecule has 4 atom stereocenters. The minimum absolute atomic E-state index is 0.0714. The van der Waals surface area contributed by atoms with Crippen LogP contribution in [0.2, 0.25) is 0 Å². The van der Waals surface area contributed by atoms with Crippen molar-refractivity contribution in [3.05, 3.63) is 46.9 Å². The van der Waals surface area contributed by atoms with Crippen LogP contribution in [0.1, 0.15) is 37.4 Å². The van der Waals surface area contributed by atoms with Crippen molar-refractivity contribution >= 4 is 11.8 Å². The SMILES string of the molecule is C[C@@H](N)C(=O)N1C[C@H]2C[C@@H](C1)[C@H](CNC(=O)CCn1cnnc1)n1c2cccc1=O. The number of carbonyl (C=O) groups excluding carboxylic acids is 2. The van der Waals surface area contributed by atoms with Crippen molar-refractivity contribution in [2.24, 2.45) is 11.7 Å². The normalized spacial score (nSPS) is 23.5. The maximum atomic E-state index is 12.7. The van der Waals surface area contributed by atoms with Gasteiger partial charge in [-0.3, -0.25) is 14.4 Å². The van der Waals surface area contributed by atoms with Crippen molar-refractivity contribution in [3.63, 3.8) is 0 Å². The average molecular weight is 413 g/mol. The highest BCUT2D eigenvalue weighted by Crippen LogP contribution is 2.40. The molecule has 0 saturated carbocycles. The van der Waals surface area contributed by atoms with E-state index in [9.17, 15) is 14.4 Å². The van der Waals surface area contributed by atoms with Crippen molar-refractivity contribution in [1.29, 1.82) is 0 Å². The van der Waals surface area contributed by atoms with E-state index in [-0.39, 0.29) is 35.3 Å². The maximum Gasteiger partial charge on any atom is 0.251 e. The molecular weight excluding hydrogens is 386 g/mol. The number of amides is 2. The van der Waals surface area contributed by atoms with E-state index < -0.39 is 6.04 Å². The third kappa shape index (κ3) is 4.00. The minimum atomic E-state index is -0.558. The van der Waals surface area contributed by atoms with Crippen LogP contribution in [0.25, 0.3) is 0 Å². The first-order valence-electron chi connectivity index (χ1n) is 10.3. The van der Waals surface area contributed by atoms with E-state index in [0.717, 1.165) is 12.1 Å². The van der Waals surface area contributed by atoms with E-state index in [1.807, 2.05) is 15.5 Å². The van der Waals surface area contributed by atoms with Crippen molar-refractivity contribution in [1.82, 2.24) is 29.5 Å². The number of carbonyl (C=O) groups is 2. The lowest BCUT2D eigenvalue weighted by atomic mass is 9.78. The molecule has 4 heterocycles. The van der Waals surface area contributed by atoms with Crippen molar-refractivity contribution in [3.8, 4) is 0 Å². The monoisotopic (exact) mass is 413 g/mol. The molecule has 2 aromatic heterocycles. The molecule has 1 fully saturated rings. The summed E-state index contributed by atoms with van der Waals surface area (Å²) in [5.41, 5.74) is 6.68. The van der Waals surface area contributed by atoms with Crippen LogP contribution in [0.5, 0.6) is 0 Å². The smallest absolute Gasteiger partial charge is 0.251 e. The van der Waals surface area contributed by atoms with Gasteiger partial charge >= 0.3 is 0 Å². The van der Waals surface area contributed by atoms with Crippen molar-refractivity contribution in [2.45, 2.75) is 44.3 Å². The molecule has 0 radical (unpaired) electrons. The fourth-order valence-corrected chi connectivity index (χ4v) is 4.65. The van der Waals surface area contributed by atoms with Crippen LogP contribution in [-0.4, -0.2) is 61.7 Å². The molecule has 10 heteroatoms. The molecule has 3 N–H and O–H groups in total. The summed E-state index contributed by atoms with van der Waals surface area (Å²) in [7, 11) is 0. The summed E-state index contributed by atoms with van der Waals surface area (Å²) in [4.78, 5) is 39.4. The van der Waals surface area contributed by atoms with Crippen LogP contribution < -0.4 is 16.6 Å². The predicted octanol–water partition coefficient (Wildman–Crippen LogP) is -0.520. The van der Waals surface area contributed by atoms with Crippen molar-refractivity contribution in [2.75, 3.05) is 19.6 Å². The lowest BCUT2D eigenvalue weighted by Gasteiger charge is -2.47. The third-order valence-electron chi connectivity index (χ3n) is 6.07. The van der Waals surface area contributed by atoms with Gasteiger partial charge in [0.25, 0.3) is 5.56 Å². The van der Waals surface area contributed by atoms with Gasteiger partial charge in [-0.05, 0) is 25.3 Å². The largest absolute Gasteiger partial charge is 0.354 e. The highest BCUT2D eigenvalue weighted by molar-refractivity contribution is 5.81. The van der Waals surface area contributed by atoms with E-state index in [1.54, 1.807) is 36.3 Å². The molecule has 2 aliphatic rings. The highest BCUT2D eigenvalue weighted by atomic mass is 16.2. The highest BCUT2D eigenvalue weighted by Gasteiger charge is 2.42. The number of piperidine rings is 1. The summed E-state index contributed by atoms with van der Waals surface area (Å²) in [6.45, 7) is 3.63. The van der Waals surface area contributed by atoms with Gasteiger partial charge in [0.15, 0.2) is 0 Å². The fraction of sp³-hybridized carbons (Fsp3) is 0.550. The van der Waals surface area contributed by atoms with Crippen LogP contribution in [-0.2, 0) is 16.1 Å². The lowest BCUT2D eigenvalue weighted by Crippen LogP contribution is -2.55. The second-order valence-corrected chi connectivity index (χ2v) is 8.20. The van der Waals surface area contributed by atoms with Gasteiger partial charge < -0.3 is 25.1 Å². The molecule has 0 aliphatic carbocycles. The molecule has 0 aromatic carbocycles. The second-order valence-electron chi connectivity index (χ2n) is 8.20. The Balaban J connectivity index is 1.51. The second kappa shape index (κ2) is 8.39. The van der Waals surface area contributed by atoms with E-state index in [0.29, 0.717) is 32.6 Å². The number of rotatable bonds is 6. The number of pyridine rings is 1. The van der Waals surface area contributed by atoms with Gasteiger partial charge in [-0.1, -0.05) is 6.07 Å². The van der Waals surface area contributed by atoms with Crippen LogP contribution in [0.3, 0.4) is 0 Å². The first-order valence-corrected chi connectivity index (χ1v) is 10.3. The molecule has 2 aliphatic heterocycles. The quantitative estimate of drug-likeness (QED) is 0.656. The Morgan fingerprint density at radius 3 is 2.77 bits per heavy atom. The number of nitrogens with zero attached hydrogens (tertiary/aromatic N) is 5. The standard InChI is InChI=1S/C20H27N7O3/c1-13(21)20(30)26-9-14-7-15(10-26)17(27-16(14)3-2-4-19(27)29)8-22-18(28)5-6-25-11-23-24-12-25/h2-4,11-15,17H,5-10,21H2,1H3,(H,22,28)/t13-,14-,15+,17+/m1/s1. The van der Waals surface area contributed by atoms with Gasteiger partial charge in [0, 0.05) is 50.3 Å². The number of nitrogens with two attached hydrogens (primary N) is 1. The Labute approximate surface area is 174 Å². The van der Waals surface area contributed by atoms with Gasteiger partial charge in [-0.15, -0.1) is 10.2 Å². The van der Waals surface area contributed by atoms with Gasteiger partial charge in [0.2, 0.25) is 11.8 Å². The number of aromatic nitrogens is 4. The molecule has 1 saturated heterocycles. The molecule has 0 spiro atoms. The average Bonchev–Trinajstić information content (AvgIpc) is 3.25. The summed E-state index contributed by atoms with van der Waals surface area (Å²) in [5.74, 6) is 0.00192. The molecular formula is C20H27N7O3. The minimum Gasteiger partial charge on any atom is -0.354 e. The number of hydrogen-bond donors (Lipinski definition) is 2. The number of nitrogens with one attached hydrogen (secondary N) is 1. The van der Waals surface area contributed by atoms with Gasteiger partial charge in [0.1, 0.15) is 12.7 Å². The van der Waals surface area contributed by atoms with E-state index in [1.165, 1.54) is 0 Å². The van der Waals surface area contributed by atoms with Crippen LogP contribution in [0.4, 0.5) is 0 Å². The van der Waals surface area contributed by atoms with Gasteiger partial charge in [-0.2, -0.15) is 0 Å². The number of fused-ring (bicyclic) bond motifs is 4. The van der Waals surface area contributed by atoms with E-state index >= 15 is 0 Å². The summed E-state index contributed by atoms with van der Waals surface area (Å²) in [5, 5.41) is 10.4. The Bertz CT molecular complexity index is 969. The summed E-state index contributed by atoms with van der Waals surface area (Å²) in [6, 6.07) is 4.50. The fourth-order valence-electron chi connectivity index (χ4n) is 4.65. The Kier molecular flexibility index (Phi) is 5.67. The van der Waals surface area contributed by atoms with Gasteiger partial charge in [0.05, 0.1) is 12.1 Å². The van der Waals surface area contributed by atoms with Crippen molar-refractivity contribution < 1.29 is 9.59 Å². The zero-order valence-corrected chi connectivity index (χ0v) is 17.0. The van der Waals surface area contributed by atoms with Gasteiger partial charge in [-0.25, -0.2) is 0 Å². The Morgan fingerprint density at radius 1 is 1.27 bits per heavy atom. The third-order valence-corrected chi connectivity index (χ3v) is 6.07. The summed E-state index contributed by atoms with van der Waals surface area (Å²) < 4.78 is 3.55. The molecule has 4 rings (SSSR count). The molecule has 2 aromatic rings. The molecule has 0 unspecified atom stereocenters. The predicted molar refractivity (Wildman–Crippen MR) is 108 cm³/mol. The topological polar surface area (TPSA) is 128 Å². The summed E-state index contributed by atoms with van der Waals surface area (Å²) >= 11 is 0. The lowest BCUT2D eigenvalue weighted by molar-refractivity contribution is -0.135. The number of likely N-dealkylation sites (tertiary alicyclic amines) is 1.